The summed E-state index contributed by atoms with van der Waals surface area (Å²) in [5.74, 6) is -2.04. The molecule has 0 aliphatic heterocycles. The van der Waals surface area contributed by atoms with E-state index in [0.717, 1.165) is 23.1 Å². The first kappa shape index (κ1) is 28.0. The number of carbonyl (C=O) groups excluding carboxylic acids is 1. The van der Waals surface area contributed by atoms with Gasteiger partial charge in [0.2, 0.25) is 0 Å². The second-order valence-corrected chi connectivity index (χ2v) is 10.2. The van der Waals surface area contributed by atoms with Crippen molar-refractivity contribution in [2.45, 2.75) is 51.7 Å². The van der Waals surface area contributed by atoms with Gasteiger partial charge in [0.05, 0.1) is 16.1 Å². The van der Waals surface area contributed by atoms with Gasteiger partial charge in [0.25, 0.3) is 5.91 Å². The van der Waals surface area contributed by atoms with E-state index in [-0.39, 0.29) is 18.5 Å². The fourth-order valence-corrected chi connectivity index (χ4v) is 4.08. The van der Waals surface area contributed by atoms with Crippen LogP contribution in [0, 0.1) is 5.82 Å². The lowest BCUT2D eigenvalue weighted by Gasteiger charge is -2.26. The van der Waals surface area contributed by atoms with E-state index in [1.807, 2.05) is 24.3 Å². The van der Waals surface area contributed by atoms with Crippen molar-refractivity contribution in [3.63, 3.8) is 0 Å². The van der Waals surface area contributed by atoms with Crippen molar-refractivity contribution in [1.29, 1.82) is 0 Å². The van der Waals surface area contributed by atoms with E-state index >= 15 is 0 Å². The van der Waals surface area contributed by atoms with Crippen molar-refractivity contribution in [1.82, 2.24) is 4.90 Å². The number of hydrogen-bond donors (Lipinski definition) is 0. The van der Waals surface area contributed by atoms with Gasteiger partial charge in [0, 0.05) is 18.1 Å². The Morgan fingerprint density at radius 2 is 1.47 bits per heavy atom. The van der Waals surface area contributed by atoms with Gasteiger partial charge in [-0.25, -0.2) is 4.39 Å². The standard InChI is InChI=1S/C28H27Cl2F4NO/c1-4-27(2,3)20-9-5-19(6-10-20)17-35(14-13-18-7-11-22(29)12-8-18)26(36)23-15-21(28(32,33)34)16-24(30)25(23)31/h5-12,15-16H,4,13-14,17H2,1-3H3. The van der Waals surface area contributed by atoms with Crippen LogP contribution in [0.1, 0.15) is 59.8 Å². The Morgan fingerprint density at radius 3 is 2.03 bits per heavy atom. The molecule has 0 aliphatic carbocycles. The van der Waals surface area contributed by atoms with E-state index in [2.05, 4.69) is 20.8 Å². The molecule has 0 N–H and O–H groups in total. The zero-order chi connectivity index (χ0) is 26.7. The summed E-state index contributed by atoms with van der Waals surface area (Å²) in [4.78, 5) is 14.7. The molecule has 3 rings (SSSR count). The molecule has 0 atom stereocenters. The highest BCUT2D eigenvalue weighted by molar-refractivity contribution is 6.31. The minimum atomic E-state index is -4.78. The van der Waals surface area contributed by atoms with Crippen LogP contribution in [0.4, 0.5) is 17.6 Å². The summed E-state index contributed by atoms with van der Waals surface area (Å²) in [6.45, 7) is 6.59. The quantitative estimate of drug-likeness (QED) is 0.262. The molecular weight excluding hydrogens is 513 g/mol. The topological polar surface area (TPSA) is 20.3 Å². The van der Waals surface area contributed by atoms with E-state index in [1.54, 1.807) is 24.3 Å². The highest BCUT2D eigenvalue weighted by Gasteiger charge is 2.34. The van der Waals surface area contributed by atoms with Crippen LogP contribution < -0.4 is 0 Å². The third-order valence-electron chi connectivity index (χ3n) is 6.45. The molecular formula is C28H27Cl2F4NO. The number of nitrogens with zero attached hydrogens (tertiary/aromatic N) is 1. The van der Waals surface area contributed by atoms with E-state index in [4.69, 9.17) is 23.2 Å². The minimum absolute atomic E-state index is 0.0273. The van der Waals surface area contributed by atoms with Crippen LogP contribution in [0.5, 0.6) is 0 Å². The molecule has 0 aliphatic rings. The van der Waals surface area contributed by atoms with Gasteiger partial charge in [-0.3, -0.25) is 4.79 Å². The number of benzene rings is 3. The van der Waals surface area contributed by atoms with Gasteiger partial charge < -0.3 is 4.90 Å². The molecule has 2 nitrogen and oxygen atoms in total. The molecule has 0 saturated heterocycles. The predicted molar refractivity (Wildman–Crippen MR) is 136 cm³/mol. The van der Waals surface area contributed by atoms with Gasteiger partial charge in [0.1, 0.15) is 0 Å². The summed E-state index contributed by atoms with van der Waals surface area (Å²) < 4.78 is 54.8. The van der Waals surface area contributed by atoms with Crippen molar-refractivity contribution >= 4 is 29.1 Å². The second-order valence-electron chi connectivity index (χ2n) is 9.35. The molecule has 0 fully saturated rings. The third-order valence-corrected chi connectivity index (χ3v) is 6.98. The molecule has 0 bridgehead atoms. The molecule has 0 aromatic heterocycles. The Labute approximate surface area is 218 Å². The van der Waals surface area contributed by atoms with Crippen LogP contribution in [0.2, 0.25) is 10.0 Å². The Morgan fingerprint density at radius 1 is 0.889 bits per heavy atom. The summed E-state index contributed by atoms with van der Waals surface area (Å²) in [6, 6.07) is 15.7. The maximum atomic E-state index is 14.8. The lowest BCUT2D eigenvalue weighted by atomic mass is 9.82. The summed E-state index contributed by atoms with van der Waals surface area (Å²) in [5, 5.41) is -0.195. The van der Waals surface area contributed by atoms with Gasteiger partial charge >= 0.3 is 6.18 Å². The molecule has 0 saturated carbocycles. The Bertz CT molecular complexity index is 1210. The maximum Gasteiger partial charge on any atom is 0.416 e. The number of amides is 1. The van der Waals surface area contributed by atoms with Crippen LogP contribution in [0.25, 0.3) is 0 Å². The fourth-order valence-electron chi connectivity index (χ4n) is 3.73. The highest BCUT2D eigenvalue weighted by Crippen LogP contribution is 2.34. The van der Waals surface area contributed by atoms with Crippen molar-refractivity contribution in [2.24, 2.45) is 0 Å². The van der Waals surface area contributed by atoms with E-state index in [0.29, 0.717) is 23.6 Å². The average molecular weight is 540 g/mol. The molecule has 0 unspecified atom stereocenters. The molecule has 3 aromatic rings. The SMILES string of the molecule is CCC(C)(C)c1ccc(CN(CCc2ccc(Cl)cc2)C(=O)c2cc(C(F)(F)F)cc(Cl)c2F)cc1. The van der Waals surface area contributed by atoms with Crippen molar-refractivity contribution in [2.75, 3.05) is 6.54 Å². The van der Waals surface area contributed by atoms with Crippen LogP contribution in [0.3, 0.4) is 0 Å². The number of alkyl halides is 3. The molecule has 1 amide bonds. The highest BCUT2D eigenvalue weighted by atomic mass is 35.5. The fraction of sp³-hybridized carbons (Fsp3) is 0.321. The van der Waals surface area contributed by atoms with Crippen molar-refractivity contribution in [3.05, 3.63) is 104 Å². The van der Waals surface area contributed by atoms with E-state index in [1.165, 1.54) is 4.90 Å². The largest absolute Gasteiger partial charge is 0.416 e. The first-order valence-electron chi connectivity index (χ1n) is 11.5. The first-order chi connectivity index (χ1) is 16.8. The molecule has 3 aromatic carbocycles. The normalized spacial score (nSPS) is 12.0. The first-order valence-corrected chi connectivity index (χ1v) is 12.3. The van der Waals surface area contributed by atoms with Crippen LogP contribution in [0.15, 0.2) is 60.7 Å². The lowest BCUT2D eigenvalue weighted by molar-refractivity contribution is -0.137. The molecule has 8 heteroatoms. The maximum absolute atomic E-state index is 14.8. The molecule has 0 spiro atoms. The molecule has 0 heterocycles. The smallest absolute Gasteiger partial charge is 0.334 e. The number of rotatable bonds is 8. The lowest BCUT2D eigenvalue weighted by Crippen LogP contribution is -2.33. The Hall–Kier alpha value is -2.57. The Balaban J connectivity index is 1.94. The zero-order valence-corrected chi connectivity index (χ0v) is 21.7. The van der Waals surface area contributed by atoms with E-state index < -0.39 is 34.1 Å². The number of halogens is 6. The number of hydrogen-bond acceptors (Lipinski definition) is 1. The van der Waals surface area contributed by atoms with Gasteiger partial charge in [-0.2, -0.15) is 13.2 Å². The predicted octanol–water partition coefficient (Wildman–Crippen LogP) is 8.72. The van der Waals surface area contributed by atoms with Gasteiger partial charge in [-0.1, -0.05) is 80.4 Å². The van der Waals surface area contributed by atoms with E-state index in [9.17, 15) is 22.4 Å². The zero-order valence-electron chi connectivity index (χ0n) is 20.2. The third kappa shape index (κ3) is 6.80. The van der Waals surface area contributed by atoms with Gasteiger partial charge in [-0.05, 0) is 59.2 Å². The van der Waals surface area contributed by atoms with Crippen LogP contribution in [-0.2, 0) is 24.6 Å². The van der Waals surface area contributed by atoms with Gasteiger partial charge in [0.15, 0.2) is 5.82 Å². The molecule has 36 heavy (non-hydrogen) atoms. The number of carbonyl (C=O) groups is 1. The Kier molecular flexibility index (Phi) is 8.73. The van der Waals surface area contributed by atoms with Crippen molar-refractivity contribution < 1.29 is 22.4 Å². The monoisotopic (exact) mass is 539 g/mol. The second kappa shape index (κ2) is 11.2. The van der Waals surface area contributed by atoms with Crippen molar-refractivity contribution in [3.8, 4) is 0 Å². The summed E-state index contributed by atoms with van der Waals surface area (Å²) >= 11 is 11.7. The average Bonchev–Trinajstić information content (AvgIpc) is 2.83. The summed E-state index contributed by atoms with van der Waals surface area (Å²) in [7, 11) is 0. The summed E-state index contributed by atoms with van der Waals surface area (Å²) in [5.41, 5.74) is 0.855. The molecule has 192 valence electrons. The van der Waals surface area contributed by atoms with Crippen LogP contribution >= 0.6 is 23.2 Å². The molecule has 0 radical (unpaired) electrons. The minimum Gasteiger partial charge on any atom is -0.334 e. The van der Waals surface area contributed by atoms with Crippen LogP contribution in [-0.4, -0.2) is 17.4 Å². The summed E-state index contributed by atoms with van der Waals surface area (Å²) in [6.07, 6.45) is -3.44. The van der Waals surface area contributed by atoms with Gasteiger partial charge in [-0.15, -0.1) is 0 Å².